The van der Waals surface area contributed by atoms with Crippen molar-refractivity contribution >= 4 is 33.1 Å². The number of hydrogen-bond acceptors (Lipinski definition) is 4. The second-order valence-electron chi connectivity index (χ2n) is 6.21. The van der Waals surface area contributed by atoms with E-state index in [1.54, 1.807) is 11.3 Å². The van der Waals surface area contributed by atoms with E-state index in [1.165, 1.54) is 0 Å². The predicted octanol–water partition coefficient (Wildman–Crippen LogP) is 3.63. The Morgan fingerprint density at radius 3 is 2.76 bits per heavy atom. The van der Waals surface area contributed by atoms with Gasteiger partial charge < -0.3 is 11.1 Å². The zero-order valence-corrected chi connectivity index (χ0v) is 13.3. The van der Waals surface area contributed by atoms with Crippen LogP contribution in [-0.2, 0) is 4.79 Å². The Balaban J connectivity index is 1.82. The third-order valence-electron chi connectivity index (χ3n) is 4.10. The Morgan fingerprint density at radius 2 is 2.10 bits per heavy atom. The van der Waals surface area contributed by atoms with Gasteiger partial charge in [0, 0.05) is 11.6 Å². The van der Waals surface area contributed by atoms with Gasteiger partial charge in [0.25, 0.3) is 0 Å². The summed E-state index contributed by atoms with van der Waals surface area (Å²) >= 11 is 1.68. The zero-order valence-electron chi connectivity index (χ0n) is 12.5. The Bertz CT molecular complexity index is 671. The van der Waals surface area contributed by atoms with E-state index in [2.05, 4.69) is 24.1 Å². The molecule has 1 aromatic heterocycles. The minimum absolute atomic E-state index is 0.0621. The van der Waals surface area contributed by atoms with Gasteiger partial charge in [0.05, 0.1) is 20.8 Å². The molecule has 1 aliphatic rings. The molecule has 3 N–H and O–H groups in total. The lowest BCUT2D eigenvalue weighted by atomic mass is 9.98. The van der Waals surface area contributed by atoms with E-state index in [0.29, 0.717) is 5.92 Å². The number of hydrogen-bond donors (Lipinski definition) is 2. The van der Waals surface area contributed by atoms with E-state index in [9.17, 15) is 4.79 Å². The summed E-state index contributed by atoms with van der Waals surface area (Å²) in [5.41, 5.74) is 7.30. The molecule has 1 fully saturated rings. The van der Waals surface area contributed by atoms with Gasteiger partial charge in [-0.2, -0.15) is 0 Å². The quantitative estimate of drug-likeness (QED) is 0.909. The molecule has 0 atom stereocenters. The second-order valence-corrected chi connectivity index (χ2v) is 7.27. The van der Waals surface area contributed by atoms with Crippen molar-refractivity contribution < 1.29 is 4.79 Å². The highest BCUT2D eigenvalue weighted by atomic mass is 32.1. The highest BCUT2D eigenvalue weighted by molar-refractivity contribution is 7.18. The summed E-state index contributed by atoms with van der Waals surface area (Å²) in [4.78, 5) is 16.9. The normalized spacial score (nSPS) is 17.5. The molecule has 1 heterocycles. The largest absolute Gasteiger partial charge is 0.324 e. The number of carbonyl (C=O) groups excluding carboxylic acids is 1. The fourth-order valence-electron chi connectivity index (χ4n) is 2.76. The summed E-state index contributed by atoms with van der Waals surface area (Å²) in [5, 5.41) is 4.09. The summed E-state index contributed by atoms with van der Waals surface area (Å²) in [6.07, 6.45) is 3.63. The van der Waals surface area contributed by atoms with Gasteiger partial charge in [-0.25, -0.2) is 4.98 Å². The maximum absolute atomic E-state index is 12.3. The number of carbonyl (C=O) groups is 1. The fraction of sp³-hybridized carbons (Fsp3) is 0.500. The number of nitrogens with one attached hydrogen (secondary N) is 1. The van der Waals surface area contributed by atoms with E-state index in [-0.39, 0.29) is 5.91 Å². The van der Waals surface area contributed by atoms with Crippen molar-refractivity contribution in [3.05, 3.63) is 23.2 Å². The van der Waals surface area contributed by atoms with Gasteiger partial charge in [-0.1, -0.05) is 26.7 Å². The Morgan fingerprint density at radius 1 is 1.38 bits per heavy atom. The first-order valence-corrected chi connectivity index (χ1v) is 8.30. The minimum Gasteiger partial charge on any atom is -0.324 e. The van der Waals surface area contributed by atoms with E-state index in [0.717, 1.165) is 46.6 Å². The highest BCUT2D eigenvalue weighted by Gasteiger charge is 2.36. The van der Waals surface area contributed by atoms with Crippen LogP contribution in [0.25, 0.3) is 10.2 Å². The molecule has 0 aliphatic heterocycles. The fourth-order valence-corrected chi connectivity index (χ4v) is 3.76. The number of rotatable bonds is 3. The van der Waals surface area contributed by atoms with Gasteiger partial charge >= 0.3 is 0 Å². The van der Waals surface area contributed by atoms with E-state index >= 15 is 0 Å². The summed E-state index contributed by atoms with van der Waals surface area (Å²) in [7, 11) is 0. The van der Waals surface area contributed by atoms with Gasteiger partial charge in [-0.05, 0) is 31.0 Å². The summed E-state index contributed by atoms with van der Waals surface area (Å²) in [5.74, 6) is 0.360. The van der Waals surface area contributed by atoms with Crippen LogP contribution in [0, 0.1) is 0 Å². The lowest BCUT2D eigenvalue weighted by Crippen LogP contribution is -2.48. The first-order chi connectivity index (χ1) is 9.98. The van der Waals surface area contributed by atoms with Crippen LogP contribution in [0.1, 0.15) is 50.5 Å². The predicted molar refractivity (Wildman–Crippen MR) is 87.7 cm³/mol. The van der Waals surface area contributed by atoms with Crippen molar-refractivity contribution in [3.63, 3.8) is 0 Å². The van der Waals surface area contributed by atoms with Gasteiger partial charge in [0.2, 0.25) is 5.91 Å². The van der Waals surface area contributed by atoms with Crippen molar-refractivity contribution in [2.75, 3.05) is 5.32 Å². The van der Waals surface area contributed by atoms with Gasteiger partial charge in [0.15, 0.2) is 0 Å². The van der Waals surface area contributed by atoms with Gasteiger partial charge in [-0.15, -0.1) is 11.3 Å². The molecule has 0 bridgehead atoms. The summed E-state index contributed by atoms with van der Waals surface area (Å²) in [6.45, 7) is 4.28. The van der Waals surface area contributed by atoms with Gasteiger partial charge in [-0.3, -0.25) is 4.79 Å². The first kappa shape index (κ1) is 14.5. The number of anilines is 1. The van der Waals surface area contributed by atoms with E-state index < -0.39 is 5.54 Å². The topological polar surface area (TPSA) is 68.0 Å². The molecule has 4 nitrogen and oxygen atoms in total. The standard InChI is InChI=1S/C16H21N3OS/c1-10(2)14-19-12-6-5-11(9-13(12)21-14)18-15(20)16(17)7-3-4-8-16/h5-6,9-10H,3-4,7-8,17H2,1-2H3,(H,18,20). The smallest absolute Gasteiger partial charge is 0.244 e. The van der Waals surface area contributed by atoms with E-state index in [4.69, 9.17) is 5.73 Å². The van der Waals surface area contributed by atoms with Crippen molar-refractivity contribution in [1.82, 2.24) is 4.98 Å². The van der Waals surface area contributed by atoms with Crippen LogP contribution in [-0.4, -0.2) is 16.4 Å². The maximum Gasteiger partial charge on any atom is 0.244 e. The number of fused-ring (bicyclic) bond motifs is 1. The number of aromatic nitrogens is 1. The lowest BCUT2D eigenvalue weighted by Gasteiger charge is -2.22. The van der Waals surface area contributed by atoms with Crippen molar-refractivity contribution in [1.29, 1.82) is 0 Å². The average molecular weight is 303 g/mol. The third-order valence-corrected chi connectivity index (χ3v) is 5.42. The molecule has 5 heteroatoms. The average Bonchev–Trinajstić information content (AvgIpc) is 3.05. The summed E-state index contributed by atoms with van der Waals surface area (Å²) < 4.78 is 1.11. The Kier molecular flexibility index (Phi) is 3.71. The van der Waals surface area contributed by atoms with Crippen LogP contribution < -0.4 is 11.1 Å². The van der Waals surface area contributed by atoms with Crippen LogP contribution in [0.3, 0.4) is 0 Å². The molecule has 0 spiro atoms. The molecule has 0 radical (unpaired) electrons. The monoisotopic (exact) mass is 303 g/mol. The molecule has 2 aromatic rings. The van der Waals surface area contributed by atoms with E-state index in [1.807, 2.05) is 18.2 Å². The van der Waals surface area contributed by atoms with Gasteiger partial charge in [0.1, 0.15) is 0 Å². The van der Waals surface area contributed by atoms with Crippen LogP contribution in [0.2, 0.25) is 0 Å². The Labute approximate surface area is 128 Å². The molecular formula is C16H21N3OS. The van der Waals surface area contributed by atoms with Crippen LogP contribution >= 0.6 is 11.3 Å². The molecule has 0 saturated heterocycles. The SMILES string of the molecule is CC(C)c1nc2ccc(NC(=O)C3(N)CCCC3)cc2s1. The molecule has 112 valence electrons. The van der Waals surface area contributed by atoms with Crippen LogP contribution in [0.4, 0.5) is 5.69 Å². The number of thiazole rings is 1. The Hall–Kier alpha value is -1.46. The highest BCUT2D eigenvalue weighted by Crippen LogP contribution is 2.31. The van der Waals surface area contributed by atoms with Crippen molar-refractivity contribution in [3.8, 4) is 0 Å². The van der Waals surface area contributed by atoms with Crippen molar-refractivity contribution in [2.24, 2.45) is 5.73 Å². The van der Waals surface area contributed by atoms with Crippen LogP contribution in [0.15, 0.2) is 18.2 Å². The molecule has 3 rings (SSSR count). The number of benzene rings is 1. The number of nitrogens with zero attached hydrogens (tertiary/aromatic N) is 1. The molecule has 1 aliphatic carbocycles. The first-order valence-electron chi connectivity index (χ1n) is 7.49. The van der Waals surface area contributed by atoms with Crippen molar-refractivity contribution in [2.45, 2.75) is 51.0 Å². The molecular weight excluding hydrogens is 282 g/mol. The zero-order chi connectivity index (χ0) is 15.0. The molecule has 1 aromatic carbocycles. The molecule has 1 saturated carbocycles. The number of nitrogens with two attached hydrogens (primary N) is 1. The summed E-state index contributed by atoms with van der Waals surface area (Å²) in [6, 6.07) is 5.86. The molecule has 1 amide bonds. The second kappa shape index (κ2) is 5.39. The number of amides is 1. The molecule has 0 unspecified atom stereocenters. The lowest BCUT2D eigenvalue weighted by molar-refractivity contribution is -0.121. The third kappa shape index (κ3) is 2.80. The maximum atomic E-state index is 12.3. The van der Waals surface area contributed by atoms with Crippen LogP contribution in [0.5, 0.6) is 0 Å². The minimum atomic E-state index is -0.689. The molecule has 21 heavy (non-hydrogen) atoms.